The van der Waals surface area contributed by atoms with Crippen molar-refractivity contribution in [3.05, 3.63) is 18.2 Å². The van der Waals surface area contributed by atoms with Crippen LogP contribution >= 0.6 is 0 Å². The number of nitrogens with one attached hydrogen (secondary N) is 1. The number of nitrogens with zero attached hydrogens (tertiary/aromatic N) is 1. The number of carboxylic acids is 1. The zero-order valence-electron chi connectivity index (χ0n) is 6.53. The van der Waals surface area contributed by atoms with Gasteiger partial charge in [0.1, 0.15) is 0 Å². The second-order valence-corrected chi connectivity index (χ2v) is 2.54. The van der Waals surface area contributed by atoms with Crippen molar-refractivity contribution in [2.45, 2.75) is 12.3 Å². The standard InChI is InChI=1S/C7H11N3O2/c8-2-5(1-7(11)12)6-3-9-4-10-6/h3-5H,1-2,8H2,(H,9,10)(H,11,12). The Bertz CT molecular complexity index is 245. The first-order chi connectivity index (χ1) is 5.74. The number of imidazole rings is 1. The van der Waals surface area contributed by atoms with Crippen molar-refractivity contribution in [1.29, 1.82) is 0 Å². The Morgan fingerprint density at radius 2 is 2.58 bits per heavy atom. The lowest BCUT2D eigenvalue weighted by molar-refractivity contribution is -0.137. The molecular formula is C7H11N3O2. The molecule has 1 aromatic rings. The van der Waals surface area contributed by atoms with Gasteiger partial charge in [0, 0.05) is 24.4 Å². The molecule has 1 aromatic heterocycles. The summed E-state index contributed by atoms with van der Waals surface area (Å²) in [6.07, 6.45) is 3.15. The Kier molecular flexibility index (Phi) is 2.82. The molecule has 0 aliphatic rings. The number of aliphatic carboxylic acids is 1. The number of hydrogen-bond donors (Lipinski definition) is 3. The SMILES string of the molecule is NCC(CC(=O)O)c1cnc[nH]1. The summed E-state index contributed by atoms with van der Waals surface area (Å²) in [6.45, 7) is 0.314. The number of carbonyl (C=O) groups is 1. The number of aromatic nitrogens is 2. The van der Waals surface area contributed by atoms with E-state index in [1.807, 2.05) is 0 Å². The van der Waals surface area contributed by atoms with Crippen LogP contribution in [0, 0.1) is 0 Å². The molecule has 0 bridgehead atoms. The molecule has 0 aromatic carbocycles. The third kappa shape index (κ3) is 2.06. The van der Waals surface area contributed by atoms with E-state index >= 15 is 0 Å². The van der Waals surface area contributed by atoms with Crippen molar-refractivity contribution >= 4 is 5.97 Å². The average Bonchev–Trinajstić information content (AvgIpc) is 2.51. The second kappa shape index (κ2) is 3.87. The smallest absolute Gasteiger partial charge is 0.304 e. The van der Waals surface area contributed by atoms with E-state index in [4.69, 9.17) is 10.8 Å². The lowest BCUT2D eigenvalue weighted by Crippen LogP contribution is -2.16. The van der Waals surface area contributed by atoms with E-state index in [0.717, 1.165) is 5.69 Å². The number of hydrogen-bond acceptors (Lipinski definition) is 3. The average molecular weight is 169 g/mol. The number of nitrogens with two attached hydrogens (primary N) is 1. The van der Waals surface area contributed by atoms with Gasteiger partial charge in [-0.3, -0.25) is 4.79 Å². The Morgan fingerprint density at radius 1 is 1.83 bits per heavy atom. The molecule has 0 saturated carbocycles. The van der Waals surface area contributed by atoms with Crippen molar-refractivity contribution in [2.24, 2.45) is 5.73 Å². The minimum atomic E-state index is -0.847. The molecule has 0 radical (unpaired) electrons. The van der Waals surface area contributed by atoms with Crippen LogP contribution in [0.5, 0.6) is 0 Å². The van der Waals surface area contributed by atoms with Crippen molar-refractivity contribution in [3.63, 3.8) is 0 Å². The van der Waals surface area contributed by atoms with Crippen molar-refractivity contribution < 1.29 is 9.90 Å². The fourth-order valence-corrected chi connectivity index (χ4v) is 1.02. The molecule has 0 aliphatic heterocycles. The molecule has 4 N–H and O–H groups in total. The van der Waals surface area contributed by atoms with Crippen LogP contribution < -0.4 is 5.73 Å². The number of rotatable bonds is 4. The molecule has 5 nitrogen and oxygen atoms in total. The summed E-state index contributed by atoms with van der Waals surface area (Å²) >= 11 is 0. The Balaban J connectivity index is 2.63. The lowest BCUT2D eigenvalue weighted by atomic mass is 10.0. The summed E-state index contributed by atoms with van der Waals surface area (Å²) in [4.78, 5) is 17.0. The molecule has 1 rings (SSSR count). The van der Waals surface area contributed by atoms with E-state index in [1.54, 1.807) is 6.20 Å². The Labute approximate surface area is 69.6 Å². The van der Waals surface area contributed by atoms with Gasteiger partial charge in [-0.25, -0.2) is 4.98 Å². The zero-order chi connectivity index (χ0) is 8.97. The maximum absolute atomic E-state index is 10.4. The molecule has 0 aliphatic carbocycles. The second-order valence-electron chi connectivity index (χ2n) is 2.54. The van der Waals surface area contributed by atoms with Gasteiger partial charge in [-0.2, -0.15) is 0 Å². The summed E-state index contributed by atoms with van der Waals surface area (Å²) < 4.78 is 0. The first kappa shape index (κ1) is 8.73. The largest absolute Gasteiger partial charge is 0.481 e. The highest BCUT2D eigenvalue weighted by Gasteiger charge is 2.14. The van der Waals surface area contributed by atoms with Crippen LogP contribution in [0.15, 0.2) is 12.5 Å². The summed E-state index contributed by atoms with van der Waals surface area (Å²) in [5.74, 6) is -1.01. The minimum absolute atomic E-state index is 0.0404. The zero-order valence-corrected chi connectivity index (χ0v) is 6.53. The molecular weight excluding hydrogens is 158 g/mol. The van der Waals surface area contributed by atoms with Gasteiger partial charge in [0.25, 0.3) is 0 Å². The fourth-order valence-electron chi connectivity index (χ4n) is 1.02. The number of H-pyrrole nitrogens is 1. The monoisotopic (exact) mass is 169 g/mol. The van der Waals surface area contributed by atoms with Crippen LogP contribution in [0.2, 0.25) is 0 Å². The highest BCUT2D eigenvalue weighted by Crippen LogP contribution is 2.14. The van der Waals surface area contributed by atoms with E-state index in [1.165, 1.54) is 6.33 Å². The van der Waals surface area contributed by atoms with Crippen LogP contribution in [0.1, 0.15) is 18.0 Å². The molecule has 0 saturated heterocycles. The quantitative estimate of drug-likeness (QED) is 0.588. The normalized spacial score (nSPS) is 12.8. The lowest BCUT2D eigenvalue weighted by Gasteiger charge is -2.08. The molecule has 0 spiro atoms. The molecule has 0 amide bonds. The number of aromatic amines is 1. The van der Waals surface area contributed by atoms with E-state index in [-0.39, 0.29) is 12.3 Å². The maximum Gasteiger partial charge on any atom is 0.304 e. The van der Waals surface area contributed by atoms with Gasteiger partial charge in [-0.1, -0.05) is 0 Å². The van der Waals surface area contributed by atoms with Gasteiger partial charge in [0.15, 0.2) is 0 Å². The van der Waals surface area contributed by atoms with Crippen LogP contribution in [0.4, 0.5) is 0 Å². The summed E-state index contributed by atoms with van der Waals surface area (Å²) in [6, 6.07) is 0. The van der Waals surface area contributed by atoms with E-state index in [0.29, 0.717) is 6.54 Å². The van der Waals surface area contributed by atoms with Gasteiger partial charge in [-0.05, 0) is 0 Å². The van der Waals surface area contributed by atoms with Crippen molar-refractivity contribution in [2.75, 3.05) is 6.54 Å². The van der Waals surface area contributed by atoms with Crippen molar-refractivity contribution in [3.8, 4) is 0 Å². The molecule has 0 fully saturated rings. The third-order valence-corrected chi connectivity index (χ3v) is 1.66. The van der Waals surface area contributed by atoms with Crippen LogP contribution in [0.3, 0.4) is 0 Å². The molecule has 1 unspecified atom stereocenters. The van der Waals surface area contributed by atoms with E-state index in [9.17, 15) is 4.79 Å². The summed E-state index contributed by atoms with van der Waals surface area (Å²) in [7, 11) is 0. The topological polar surface area (TPSA) is 92.0 Å². The molecule has 1 heterocycles. The van der Waals surface area contributed by atoms with E-state index in [2.05, 4.69) is 9.97 Å². The van der Waals surface area contributed by atoms with Gasteiger partial charge in [0.05, 0.1) is 12.7 Å². The molecule has 12 heavy (non-hydrogen) atoms. The molecule has 66 valence electrons. The summed E-state index contributed by atoms with van der Waals surface area (Å²) in [5, 5.41) is 8.52. The fraction of sp³-hybridized carbons (Fsp3) is 0.429. The molecule has 1 atom stereocenters. The Hall–Kier alpha value is -1.36. The Morgan fingerprint density at radius 3 is 3.00 bits per heavy atom. The highest BCUT2D eigenvalue weighted by molar-refractivity contribution is 5.67. The van der Waals surface area contributed by atoms with Crippen molar-refractivity contribution in [1.82, 2.24) is 9.97 Å². The van der Waals surface area contributed by atoms with Crippen LogP contribution in [-0.2, 0) is 4.79 Å². The first-order valence-electron chi connectivity index (χ1n) is 3.64. The van der Waals surface area contributed by atoms with Gasteiger partial charge in [0.2, 0.25) is 0 Å². The predicted molar refractivity (Wildman–Crippen MR) is 42.6 cm³/mol. The highest BCUT2D eigenvalue weighted by atomic mass is 16.4. The van der Waals surface area contributed by atoms with E-state index < -0.39 is 5.97 Å². The predicted octanol–water partition coefficient (Wildman–Crippen LogP) is -0.0733. The number of carboxylic acid groups (broad SMARTS) is 1. The minimum Gasteiger partial charge on any atom is -0.481 e. The first-order valence-corrected chi connectivity index (χ1v) is 3.64. The van der Waals surface area contributed by atoms with Crippen LogP contribution in [-0.4, -0.2) is 27.6 Å². The van der Waals surface area contributed by atoms with Gasteiger partial charge < -0.3 is 15.8 Å². The van der Waals surface area contributed by atoms with Crippen LogP contribution in [0.25, 0.3) is 0 Å². The molecule has 5 heteroatoms. The van der Waals surface area contributed by atoms with Gasteiger partial charge in [-0.15, -0.1) is 0 Å². The van der Waals surface area contributed by atoms with Gasteiger partial charge >= 0.3 is 5.97 Å². The maximum atomic E-state index is 10.4. The summed E-state index contributed by atoms with van der Waals surface area (Å²) in [5.41, 5.74) is 6.18. The third-order valence-electron chi connectivity index (χ3n) is 1.66.